The summed E-state index contributed by atoms with van der Waals surface area (Å²) in [5, 5.41) is 0. The normalized spacial score (nSPS) is 11.5. The lowest BCUT2D eigenvalue weighted by molar-refractivity contribution is 0.0742. The standard InChI is InChI=1S/C22H20F2N4O3/c1-26-20-18(21(29)27(2)22(26)30)28(13-25-20)11-12-31-19(14-3-7-16(23)8-4-14)15-5-9-17(24)10-6-15/h3-10,13,19H,11-12H2,1-2H3. The number of hydrogen-bond acceptors (Lipinski definition) is 4. The van der Waals surface area contributed by atoms with E-state index in [9.17, 15) is 18.4 Å². The number of imidazole rings is 1. The van der Waals surface area contributed by atoms with Gasteiger partial charge in [-0.25, -0.2) is 18.6 Å². The van der Waals surface area contributed by atoms with Crippen molar-refractivity contribution < 1.29 is 13.5 Å². The Balaban J connectivity index is 1.61. The highest BCUT2D eigenvalue weighted by Crippen LogP contribution is 2.26. The van der Waals surface area contributed by atoms with E-state index in [0.717, 1.165) is 4.57 Å². The van der Waals surface area contributed by atoms with Gasteiger partial charge in [-0.05, 0) is 35.4 Å². The molecule has 4 aromatic rings. The van der Waals surface area contributed by atoms with E-state index in [0.29, 0.717) is 28.8 Å². The molecule has 0 atom stereocenters. The van der Waals surface area contributed by atoms with Gasteiger partial charge in [0.2, 0.25) is 0 Å². The van der Waals surface area contributed by atoms with Crippen LogP contribution in [0, 0.1) is 11.6 Å². The van der Waals surface area contributed by atoms with Gasteiger partial charge in [-0.3, -0.25) is 13.9 Å². The minimum absolute atomic E-state index is 0.191. The van der Waals surface area contributed by atoms with E-state index >= 15 is 0 Å². The van der Waals surface area contributed by atoms with Crippen LogP contribution in [0.4, 0.5) is 8.78 Å². The molecule has 0 aliphatic heterocycles. The van der Waals surface area contributed by atoms with Crippen LogP contribution in [0.2, 0.25) is 0 Å². The average molecular weight is 426 g/mol. The van der Waals surface area contributed by atoms with Gasteiger partial charge < -0.3 is 9.30 Å². The number of ether oxygens (including phenoxy) is 1. The second-order valence-corrected chi connectivity index (χ2v) is 7.17. The molecule has 0 radical (unpaired) electrons. The summed E-state index contributed by atoms with van der Waals surface area (Å²) in [5.41, 5.74) is 1.12. The Morgan fingerprint density at radius 1 is 0.903 bits per heavy atom. The van der Waals surface area contributed by atoms with E-state index in [-0.39, 0.29) is 18.2 Å². The van der Waals surface area contributed by atoms with Crippen molar-refractivity contribution >= 4 is 11.2 Å². The predicted octanol–water partition coefficient (Wildman–Crippen LogP) is 2.52. The molecule has 4 rings (SSSR count). The monoisotopic (exact) mass is 426 g/mol. The maximum Gasteiger partial charge on any atom is 0.332 e. The van der Waals surface area contributed by atoms with E-state index in [4.69, 9.17) is 4.74 Å². The Labute approximate surface area is 175 Å². The van der Waals surface area contributed by atoms with Crippen LogP contribution in [0.5, 0.6) is 0 Å². The van der Waals surface area contributed by atoms with Gasteiger partial charge in [-0.15, -0.1) is 0 Å². The minimum Gasteiger partial charge on any atom is -0.367 e. The maximum atomic E-state index is 13.4. The highest BCUT2D eigenvalue weighted by atomic mass is 19.1. The SMILES string of the molecule is Cn1c(=O)c2c(ncn2CCOC(c2ccc(F)cc2)c2ccc(F)cc2)n(C)c1=O. The van der Waals surface area contributed by atoms with Crippen LogP contribution in [0.25, 0.3) is 11.2 Å². The van der Waals surface area contributed by atoms with Crippen LogP contribution >= 0.6 is 0 Å². The molecule has 0 bridgehead atoms. The van der Waals surface area contributed by atoms with Gasteiger partial charge in [0.05, 0.1) is 12.9 Å². The second-order valence-electron chi connectivity index (χ2n) is 7.17. The molecule has 9 heteroatoms. The van der Waals surface area contributed by atoms with Crippen LogP contribution in [-0.2, 0) is 25.4 Å². The summed E-state index contributed by atoms with van der Waals surface area (Å²) in [6.07, 6.45) is 0.933. The van der Waals surface area contributed by atoms with Gasteiger partial charge in [0.15, 0.2) is 11.2 Å². The topological polar surface area (TPSA) is 71.0 Å². The fourth-order valence-electron chi connectivity index (χ4n) is 3.50. The third-order valence-corrected chi connectivity index (χ3v) is 5.18. The number of aromatic nitrogens is 4. The summed E-state index contributed by atoms with van der Waals surface area (Å²) in [6.45, 7) is 0.486. The molecule has 0 unspecified atom stereocenters. The van der Waals surface area contributed by atoms with Gasteiger partial charge in [0.25, 0.3) is 5.56 Å². The molecule has 2 aromatic carbocycles. The van der Waals surface area contributed by atoms with E-state index in [1.54, 1.807) is 35.9 Å². The summed E-state index contributed by atoms with van der Waals surface area (Å²) in [7, 11) is 2.97. The summed E-state index contributed by atoms with van der Waals surface area (Å²) in [4.78, 5) is 28.8. The summed E-state index contributed by atoms with van der Waals surface area (Å²) >= 11 is 0. The van der Waals surface area contributed by atoms with Crippen molar-refractivity contribution in [1.29, 1.82) is 0 Å². The Kier molecular flexibility index (Phi) is 5.51. The van der Waals surface area contributed by atoms with Gasteiger partial charge >= 0.3 is 5.69 Å². The average Bonchev–Trinajstić information content (AvgIpc) is 3.19. The molecule has 0 aliphatic carbocycles. The smallest absolute Gasteiger partial charge is 0.332 e. The van der Waals surface area contributed by atoms with Crippen LogP contribution in [-0.4, -0.2) is 25.3 Å². The highest BCUT2D eigenvalue weighted by Gasteiger charge is 2.17. The van der Waals surface area contributed by atoms with Crippen LogP contribution in [0.1, 0.15) is 17.2 Å². The molecule has 0 aliphatic rings. The van der Waals surface area contributed by atoms with Crippen molar-refractivity contribution in [2.75, 3.05) is 6.61 Å². The first-order valence-corrected chi connectivity index (χ1v) is 9.60. The fraction of sp³-hybridized carbons (Fsp3) is 0.227. The second kappa shape index (κ2) is 8.27. The zero-order chi connectivity index (χ0) is 22.1. The largest absolute Gasteiger partial charge is 0.367 e. The molecule has 0 spiro atoms. The minimum atomic E-state index is -0.553. The number of nitrogens with zero attached hydrogens (tertiary/aromatic N) is 4. The quantitative estimate of drug-likeness (QED) is 0.475. The van der Waals surface area contributed by atoms with E-state index in [2.05, 4.69) is 4.98 Å². The first-order chi connectivity index (χ1) is 14.9. The molecule has 0 fully saturated rings. The summed E-state index contributed by atoms with van der Waals surface area (Å²) in [5.74, 6) is -0.735. The van der Waals surface area contributed by atoms with E-state index in [1.807, 2.05) is 0 Å². The zero-order valence-corrected chi connectivity index (χ0v) is 17.0. The highest BCUT2D eigenvalue weighted by molar-refractivity contribution is 5.69. The molecule has 0 N–H and O–H groups in total. The lowest BCUT2D eigenvalue weighted by atomic mass is 10.0. The van der Waals surface area contributed by atoms with E-state index < -0.39 is 17.4 Å². The lowest BCUT2D eigenvalue weighted by Gasteiger charge is -2.19. The van der Waals surface area contributed by atoms with Crippen LogP contribution in [0.15, 0.2) is 64.4 Å². The van der Waals surface area contributed by atoms with Gasteiger partial charge in [0, 0.05) is 20.6 Å². The molecule has 0 amide bonds. The molecule has 0 saturated carbocycles. The first-order valence-electron chi connectivity index (χ1n) is 9.60. The molecule has 2 aromatic heterocycles. The number of aryl methyl sites for hydroxylation is 1. The molecule has 31 heavy (non-hydrogen) atoms. The van der Waals surface area contributed by atoms with Crippen LogP contribution < -0.4 is 11.2 Å². The number of benzene rings is 2. The van der Waals surface area contributed by atoms with Gasteiger partial charge in [-0.1, -0.05) is 24.3 Å². The lowest BCUT2D eigenvalue weighted by Crippen LogP contribution is -2.37. The molecule has 7 nitrogen and oxygen atoms in total. The van der Waals surface area contributed by atoms with Crippen LogP contribution in [0.3, 0.4) is 0 Å². The molecular weight excluding hydrogens is 406 g/mol. The third kappa shape index (κ3) is 3.91. The maximum absolute atomic E-state index is 13.4. The first kappa shape index (κ1) is 20.7. The van der Waals surface area contributed by atoms with E-state index in [1.165, 1.54) is 42.2 Å². The summed E-state index contributed by atoms with van der Waals surface area (Å²) in [6, 6.07) is 11.8. The fourth-order valence-corrected chi connectivity index (χ4v) is 3.50. The third-order valence-electron chi connectivity index (χ3n) is 5.18. The molecule has 0 saturated heterocycles. The van der Waals surface area contributed by atoms with Crippen molar-refractivity contribution in [3.8, 4) is 0 Å². The number of rotatable bonds is 6. The van der Waals surface area contributed by atoms with Gasteiger partial charge in [0.1, 0.15) is 17.7 Å². The Morgan fingerprint density at radius 3 is 2.00 bits per heavy atom. The molecule has 160 valence electrons. The summed E-state index contributed by atoms with van der Waals surface area (Å²) < 4.78 is 36.8. The Hall–Kier alpha value is -3.59. The van der Waals surface area contributed by atoms with Crippen molar-refractivity contribution in [3.63, 3.8) is 0 Å². The Bertz CT molecular complexity index is 1290. The Morgan fingerprint density at radius 2 is 1.45 bits per heavy atom. The number of halogens is 2. The van der Waals surface area contributed by atoms with Crippen molar-refractivity contribution in [2.45, 2.75) is 12.6 Å². The number of fused-ring (bicyclic) bond motifs is 1. The van der Waals surface area contributed by atoms with Crippen molar-refractivity contribution in [1.82, 2.24) is 18.7 Å². The molecule has 2 heterocycles. The van der Waals surface area contributed by atoms with Crippen molar-refractivity contribution in [3.05, 3.63) is 98.5 Å². The van der Waals surface area contributed by atoms with Crippen molar-refractivity contribution in [2.24, 2.45) is 14.1 Å². The molecular formula is C22H20F2N4O3. The zero-order valence-electron chi connectivity index (χ0n) is 17.0. The van der Waals surface area contributed by atoms with Gasteiger partial charge in [-0.2, -0.15) is 0 Å². The predicted molar refractivity (Wildman–Crippen MR) is 111 cm³/mol. The number of hydrogen-bond donors (Lipinski definition) is 0.